The van der Waals surface area contributed by atoms with Gasteiger partial charge in [-0.3, -0.25) is 9.36 Å². The molecular formula is C15H19F3N2O2Si. The zero-order chi connectivity index (χ0) is 17.3. The molecule has 0 aliphatic heterocycles. The minimum absolute atomic E-state index is 0.119. The Morgan fingerprint density at radius 2 is 1.87 bits per heavy atom. The van der Waals surface area contributed by atoms with Crippen molar-refractivity contribution in [3.8, 4) is 0 Å². The standard InChI is InChI=1S/C15H19F3N2O2Si/c1-23(2,3)9-8-22-10-20-12-7-5-4-6-11(12)19-13(14(20)21)15(16,17)18/h4-7H,8-10H2,1-3H3. The van der Waals surface area contributed by atoms with Gasteiger partial charge in [0.05, 0.1) is 11.0 Å². The monoisotopic (exact) mass is 344 g/mol. The van der Waals surface area contributed by atoms with Crippen LogP contribution in [-0.2, 0) is 17.6 Å². The molecule has 0 aliphatic carbocycles. The van der Waals surface area contributed by atoms with E-state index in [4.69, 9.17) is 4.74 Å². The molecule has 4 nitrogen and oxygen atoms in total. The number of para-hydroxylation sites is 2. The molecule has 0 amide bonds. The van der Waals surface area contributed by atoms with Gasteiger partial charge in [-0.05, 0) is 18.2 Å². The van der Waals surface area contributed by atoms with Crippen LogP contribution in [0.5, 0.6) is 0 Å². The van der Waals surface area contributed by atoms with Crippen molar-refractivity contribution in [2.45, 2.75) is 38.6 Å². The molecular weight excluding hydrogens is 325 g/mol. The number of halogens is 3. The second-order valence-corrected chi connectivity index (χ2v) is 12.1. The van der Waals surface area contributed by atoms with Gasteiger partial charge in [-0.15, -0.1) is 0 Å². The van der Waals surface area contributed by atoms with E-state index >= 15 is 0 Å². The molecule has 0 spiro atoms. The average molecular weight is 344 g/mol. The highest BCUT2D eigenvalue weighted by Crippen LogP contribution is 2.26. The largest absolute Gasteiger partial charge is 0.438 e. The number of hydrogen-bond acceptors (Lipinski definition) is 3. The van der Waals surface area contributed by atoms with Gasteiger partial charge in [-0.25, -0.2) is 4.98 Å². The molecule has 2 aromatic rings. The van der Waals surface area contributed by atoms with E-state index in [-0.39, 0.29) is 12.2 Å². The molecule has 0 atom stereocenters. The van der Waals surface area contributed by atoms with Crippen LogP contribution in [0.3, 0.4) is 0 Å². The van der Waals surface area contributed by atoms with E-state index in [1.165, 1.54) is 6.07 Å². The second kappa shape index (κ2) is 6.44. The molecule has 0 aliphatic rings. The Hall–Kier alpha value is -1.67. The van der Waals surface area contributed by atoms with Gasteiger partial charge in [0.25, 0.3) is 5.56 Å². The Bertz CT molecular complexity index is 751. The van der Waals surface area contributed by atoms with Gasteiger partial charge in [0, 0.05) is 14.7 Å². The molecule has 126 valence electrons. The molecule has 0 saturated heterocycles. The van der Waals surface area contributed by atoms with Crippen molar-refractivity contribution in [3.63, 3.8) is 0 Å². The summed E-state index contributed by atoms with van der Waals surface area (Å²) in [6.07, 6.45) is -4.79. The number of fused-ring (bicyclic) bond motifs is 1. The topological polar surface area (TPSA) is 44.1 Å². The quantitative estimate of drug-likeness (QED) is 0.613. The maximum absolute atomic E-state index is 13.0. The van der Waals surface area contributed by atoms with E-state index in [2.05, 4.69) is 24.6 Å². The van der Waals surface area contributed by atoms with E-state index < -0.39 is 25.5 Å². The van der Waals surface area contributed by atoms with Gasteiger partial charge in [0.15, 0.2) is 0 Å². The number of ether oxygens (including phenoxy) is 1. The summed E-state index contributed by atoms with van der Waals surface area (Å²) >= 11 is 0. The highest BCUT2D eigenvalue weighted by atomic mass is 28.3. The normalized spacial score (nSPS) is 12.8. The number of benzene rings is 1. The molecule has 0 unspecified atom stereocenters. The highest BCUT2D eigenvalue weighted by Gasteiger charge is 2.37. The summed E-state index contributed by atoms with van der Waals surface area (Å²) in [4.78, 5) is 15.6. The third-order valence-corrected chi connectivity index (χ3v) is 5.04. The fourth-order valence-electron chi connectivity index (χ4n) is 2.04. The van der Waals surface area contributed by atoms with E-state index in [0.717, 1.165) is 10.6 Å². The molecule has 1 heterocycles. The minimum Gasteiger partial charge on any atom is -0.361 e. The summed E-state index contributed by atoms with van der Waals surface area (Å²) in [5.74, 6) is 0. The van der Waals surface area contributed by atoms with Crippen LogP contribution in [0, 0.1) is 0 Å². The summed E-state index contributed by atoms with van der Waals surface area (Å²) in [6.45, 7) is 6.72. The maximum Gasteiger partial charge on any atom is 0.438 e. The second-order valence-electron chi connectivity index (χ2n) is 6.53. The number of alkyl halides is 3. The number of rotatable bonds is 5. The van der Waals surface area contributed by atoms with Crippen molar-refractivity contribution in [1.82, 2.24) is 9.55 Å². The first-order valence-corrected chi connectivity index (χ1v) is 10.9. The zero-order valence-electron chi connectivity index (χ0n) is 13.3. The summed E-state index contributed by atoms with van der Waals surface area (Å²) < 4.78 is 45.4. The molecule has 8 heteroatoms. The van der Waals surface area contributed by atoms with Crippen molar-refractivity contribution in [1.29, 1.82) is 0 Å². The van der Waals surface area contributed by atoms with Crippen LogP contribution < -0.4 is 5.56 Å². The van der Waals surface area contributed by atoms with Crippen molar-refractivity contribution in [2.75, 3.05) is 6.61 Å². The third kappa shape index (κ3) is 4.41. The zero-order valence-corrected chi connectivity index (χ0v) is 14.3. The smallest absolute Gasteiger partial charge is 0.361 e. The fourth-order valence-corrected chi connectivity index (χ4v) is 2.80. The van der Waals surface area contributed by atoms with Gasteiger partial charge >= 0.3 is 6.18 Å². The summed E-state index contributed by atoms with van der Waals surface area (Å²) in [6, 6.07) is 7.11. The Kier molecular flexibility index (Phi) is 4.95. The van der Waals surface area contributed by atoms with Crippen LogP contribution in [0.15, 0.2) is 29.1 Å². The number of hydrogen-bond donors (Lipinski definition) is 0. The molecule has 1 aromatic carbocycles. The van der Waals surface area contributed by atoms with Crippen LogP contribution >= 0.6 is 0 Å². The van der Waals surface area contributed by atoms with Crippen LogP contribution in [-0.4, -0.2) is 24.2 Å². The lowest BCUT2D eigenvalue weighted by atomic mass is 10.3. The van der Waals surface area contributed by atoms with Crippen LogP contribution in [0.1, 0.15) is 5.69 Å². The van der Waals surface area contributed by atoms with Crippen molar-refractivity contribution >= 4 is 19.1 Å². The predicted octanol–water partition coefficient (Wildman–Crippen LogP) is 3.73. The lowest BCUT2D eigenvalue weighted by molar-refractivity contribution is -0.142. The van der Waals surface area contributed by atoms with Crippen molar-refractivity contribution in [3.05, 3.63) is 40.3 Å². The first kappa shape index (κ1) is 17.7. The number of aromatic nitrogens is 2. The third-order valence-electron chi connectivity index (χ3n) is 3.34. The van der Waals surface area contributed by atoms with Gasteiger partial charge in [0.2, 0.25) is 5.69 Å². The predicted molar refractivity (Wildman–Crippen MR) is 85.1 cm³/mol. The Morgan fingerprint density at radius 1 is 1.22 bits per heavy atom. The van der Waals surface area contributed by atoms with Crippen LogP contribution in [0.25, 0.3) is 11.0 Å². The Morgan fingerprint density at radius 3 is 2.48 bits per heavy atom. The Balaban J connectivity index is 2.37. The maximum atomic E-state index is 13.0. The molecule has 0 bridgehead atoms. The molecule has 0 saturated carbocycles. The van der Waals surface area contributed by atoms with Gasteiger partial charge in [0.1, 0.15) is 6.73 Å². The highest BCUT2D eigenvalue weighted by molar-refractivity contribution is 6.76. The molecule has 2 rings (SSSR count). The molecule has 1 aromatic heterocycles. The van der Waals surface area contributed by atoms with E-state index in [0.29, 0.717) is 12.1 Å². The molecule has 0 N–H and O–H groups in total. The summed E-state index contributed by atoms with van der Waals surface area (Å²) in [5, 5.41) is 0. The summed E-state index contributed by atoms with van der Waals surface area (Å²) in [5.41, 5.74) is -2.14. The molecule has 0 radical (unpaired) electrons. The first-order chi connectivity index (χ1) is 10.6. The van der Waals surface area contributed by atoms with Gasteiger partial charge < -0.3 is 4.74 Å². The van der Waals surface area contributed by atoms with Crippen LogP contribution in [0.4, 0.5) is 13.2 Å². The van der Waals surface area contributed by atoms with E-state index in [1.54, 1.807) is 18.2 Å². The average Bonchev–Trinajstić information content (AvgIpc) is 2.42. The minimum atomic E-state index is -4.79. The fraction of sp³-hybridized carbons (Fsp3) is 0.467. The van der Waals surface area contributed by atoms with E-state index in [9.17, 15) is 18.0 Å². The molecule has 23 heavy (non-hydrogen) atoms. The van der Waals surface area contributed by atoms with Crippen molar-refractivity contribution in [2.24, 2.45) is 0 Å². The Labute approximate surface area is 132 Å². The lowest BCUT2D eigenvalue weighted by Crippen LogP contribution is -2.32. The van der Waals surface area contributed by atoms with Crippen molar-refractivity contribution < 1.29 is 17.9 Å². The number of nitrogens with zero attached hydrogens (tertiary/aromatic N) is 2. The first-order valence-electron chi connectivity index (χ1n) is 7.24. The van der Waals surface area contributed by atoms with Crippen LogP contribution in [0.2, 0.25) is 25.7 Å². The van der Waals surface area contributed by atoms with Gasteiger partial charge in [-0.1, -0.05) is 31.8 Å². The van der Waals surface area contributed by atoms with Gasteiger partial charge in [-0.2, -0.15) is 13.2 Å². The molecule has 0 fully saturated rings. The SMILES string of the molecule is C[Si](C)(C)CCOCn1c(=O)c(C(F)(F)F)nc2ccccc21. The summed E-state index contributed by atoms with van der Waals surface area (Å²) in [7, 11) is -1.31. The van der Waals surface area contributed by atoms with E-state index in [1.807, 2.05) is 0 Å². The lowest BCUT2D eigenvalue weighted by Gasteiger charge is -2.17.